The van der Waals surface area contributed by atoms with Crippen molar-refractivity contribution in [3.05, 3.63) is 66.9 Å². The highest BCUT2D eigenvalue weighted by Crippen LogP contribution is 2.35. The number of hydrogen-bond acceptors (Lipinski definition) is 7. The van der Waals surface area contributed by atoms with Crippen LogP contribution in [0.2, 0.25) is 15.1 Å². The zero-order valence-corrected chi connectivity index (χ0v) is 21.7. The molecule has 0 spiro atoms. The summed E-state index contributed by atoms with van der Waals surface area (Å²) in [4.78, 5) is 34.9. The summed E-state index contributed by atoms with van der Waals surface area (Å²) in [7, 11) is 2.09. The van der Waals surface area contributed by atoms with Crippen LogP contribution in [0.25, 0.3) is 0 Å². The molecular weight excluding hydrogens is 533 g/mol. The molecule has 0 aliphatic carbocycles. The molecule has 2 aromatic heterocycles. The average molecular weight is 555 g/mol. The van der Waals surface area contributed by atoms with E-state index in [-0.39, 0.29) is 32.7 Å². The monoisotopic (exact) mass is 553 g/mol. The van der Waals surface area contributed by atoms with Gasteiger partial charge in [-0.25, -0.2) is 4.98 Å². The van der Waals surface area contributed by atoms with Crippen LogP contribution in [0.1, 0.15) is 25.6 Å². The fraction of sp³-hybridized carbons (Fsp3) is 0.261. The summed E-state index contributed by atoms with van der Waals surface area (Å²) in [6.07, 6.45) is 1.38. The summed E-state index contributed by atoms with van der Waals surface area (Å²) < 4.78 is 0. The van der Waals surface area contributed by atoms with Crippen LogP contribution < -0.4 is 10.6 Å². The van der Waals surface area contributed by atoms with Gasteiger partial charge in [-0.2, -0.15) is 0 Å². The Balaban J connectivity index is 1.53. The van der Waals surface area contributed by atoms with E-state index >= 15 is 0 Å². The number of nitrogens with one attached hydrogen (secondary N) is 2. The largest absolute Gasteiger partial charge is 0.506 e. The second-order valence-corrected chi connectivity index (χ2v) is 10.2. The van der Waals surface area contributed by atoms with E-state index in [1.165, 1.54) is 35.7 Å². The van der Waals surface area contributed by atoms with Gasteiger partial charge < -0.3 is 20.6 Å². The number of phenols is 1. The predicted molar refractivity (Wildman–Crippen MR) is 140 cm³/mol. The van der Waals surface area contributed by atoms with Gasteiger partial charge in [-0.1, -0.05) is 34.8 Å². The van der Waals surface area contributed by atoms with E-state index in [2.05, 4.69) is 32.5 Å². The number of rotatable bonds is 6. The smallest absolute Gasteiger partial charge is 0.267 e. The maximum Gasteiger partial charge on any atom is 0.267 e. The van der Waals surface area contributed by atoms with Crippen LogP contribution in [0.4, 0.5) is 11.5 Å². The lowest BCUT2D eigenvalue weighted by Gasteiger charge is -2.32. The minimum absolute atomic E-state index is 0.0366. The van der Waals surface area contributed by atoms with Crippen molar-refractivity contribution in [3.63, 3.8) is 0 Å². The molecule has 1 fully saturated rings. The first-order valence-corrected chi connectivity index (χ1v) is 12.7. The van der Waals surface area contributed by atoms with Crippen LogP contribution in [0.3, 0.4) is 0 Å². The van der Waals surface area contributed by atoms with Crippen molar-refractivity contribution in [1.82, 2.24) is 14.8 Å². The Kier molecular flexibility index (Phi) is 8.16. The number of aromatic hydroxyl groups is 1. The molecule has 8 nitrogen and oxygen atoms in total. The van der Waals surface area contributed by atoms with Crippen LogP contribution in [0.15, 0.2) is 35.8 Å². The second-order valence-electron chi connectivity index (χ2n) is 8.10. The standard InChI is InChI=1S/C23H22Cl3N5O3S/c1-30-4-6-31(7-5-30)11-13-12-35-21(19(13)26)23(34)29-20-16(8-15(25)9-17(20)32)22(33)28-18-3-2-14(24)10-27-18/h2-3,8-10,12,32H,4-7,11H2,1H3,(H,29,34)(H,27,28,33). The molecule has 0 radical (unpaired) electrons. The fourth-order valence-electron chi connectivity index (χ4n) is 3.59. The number of thiophene rings is 1. The van der Waals surface area contributed by atoms with E-state index < -0.39 is 11.8 Å². The van der Waals surface area contributed by atoms with Crippen molar-refractivity contribution in [1.29, 1.82) is 0 Å². The minimum Gasteiger partial charge on any atom is -0.506 e. The number of carbonyl (C=O) groups excluding carboxylic acids is 2. The van der Waals surface area contributed by atoms with Crippen molar-refractivity contribution in [2.24, 2.45) is 0 Å². The van der Waals surface area contributed by atoms with Gasteiger partial charge in [0.1, 0.15) is 16.4 Å². The van der Waals surface area contributed by atoms with Gasteiger partial charge in [-0.15, -0.1) is 11.3 Å². The van der Waals surface area contributed by atoms with Crippen LogP contribution in [0, 0.1) is 0 Å². The predicted octanol–water partition coefficient (Wildman–Crippen LogP) is 5.06. The van der Waals surface area contributed by atoms with Gasteiger partial charge in [0.2, 0.25) is 0 Å². The highest BCUT2D eigenvalue weighted by Gasteiger charge is 2.24. The number of nitrogens with zero attached hydrogens (tertiary/aromatic N) is 3. The first kappa shape index (κ1) is 25.7. The van der Waals surface area contributed by atoms with E-state index in [9.17, 15) is 14.7 Å². The number of likely N-dealkylation sites (N-methyl/N-ethyl adjacent to an activating group) is 1. The van der Waals surface area contributed by atoms with Crippen LogP contribution >= 0.6 is 46.1 Å². The molecular formula is C23H22Cl3N5O3S. The molecule has 1 aliphatic rings. The van der Waals surface area contributed by atoms with Gasteiger partial charge in [0, 0.05) is 50.0 Å². The van der Waals surface area contributed by atoms with Crippen LogP contribution in [-0.2, 0) is 6.54 Å². The Morgan fingerprint density at radius 2 is 1.80 bits per heavy atom. The number of pyridine rings is 1. The van der Waals surface area contributed by atoms with Crippen molar-refractivity contribution >= 4 is 69.5 Å². The number of amides is 2. The maximum atomic E-state index is 13.1. The fourth-order valence-corrected chi connectivity index (χ4v) is 5.16. The van der Waals surface area contributed by atoms with E-state index in [0.29, 0.717) is 16.6 Å². The number of aromatic nitrogens is 1. The topological polar surface area (TPSA) is 97.8 Å². The molecule has 1 aliphatic heterocycles. The molecule has 3 aromatic rings. The van der Waals surface area contributed by atoms with Gasteiger partial charge in [-0.05, 0) is 36.2 Å². The van der Waals surface area contributed by atoms with Crippen molar-refractivity contribution in [2.75, 3.05) is 43.9 Å². The summed E-state index contributed by atoms with van der Waals surface area (Å²) in [6.45, 7) is 4.43. The maximum absolute atomic E-state index is 13.1. The number of halogens is 3. The summed E-state index contributed by atoms with van der Waals surface area (Å²) in [5.74, 6) is -1.28. The van der Waals surface area contributed by atoms with Crippen LogP contribution in [-0.4, -0.2) is 64.9 Å². The average Bonchev–Trinajstić information content (AvgIpc) is 3.18. The molecule has 0 atom stereocenters. The molecule has 1 aromatic carbocycles. The Bertz CT molecular complexity index is 1240. The van der Waals surface area contributed by atoms with E-state index in [4.69, 9.17) is 34.8 Å². The highest BCUT2D eigenvalue weighted by atomic mass is 35.5. The summed E-state index contributed by atoms with van der Waals surface area (Å²) in [6, 6.07) is 5.68. The Morgan fingerprint density at radius 1 is 1.06 bits per heavy atom. The zero-order chi connectivity index (χ0) is 25.1. The molecule has 0 bridgehead atoms. The molecule has 0 unspecified atom stereocenters. The van der Waals surface area contributed by atoms with E-state index in [0.717, 1.165) is 31.7 Å². The van der Waals surface area contributed by atoms with Gasteiger partial charge in [0.25, 0.3) is 11.8 Å². The van der Waals surface area contributed by atoms with Gasteiger partial charge in [-0.3, -0.25) is 14.5 Å². The molecule has 35 heavy (non-hydrogen) atoms. The van der Waals surface area contributed by atoms with Gasteiger partial charge >= 0.3 is 0 Å². The lowest BCUT2D eigenvalue weighted by molar-refractivity contribution is 0.102. The zero-order valence-electron chi connectivity index (χ0n) is 18.6. The first-order valence-electron chi connectivity index (χ1n) is 10.6. The van der Waals surface area contributed by atoms with Crippen molar-refractivity contribution in [2.45, 2.75) is 6.54 Å². The Morgan fingerprint density at radius 3 is 2.49 bits per heavy atom. The van der Waals surface area contributed by atoms with E-state index in [1.807, 2.05) is 5.38 Å². The quantitative estimate of drug-likeness (QED) is 0.369. The summed E-state index contributed by atoms with van der Waals surface area (Å²) >= 11 is 19.7. The van der Waals surface area contributed by atoms with Crippen LogP contribution in [0.5, 0.6) is 5.75 Å². The Labute approximate surface area is 221 Å². The number of anilines is 2. The molecule has 12 heteroatoms. The number of phenolic OH excluding ortho intramolecular Hbond substituents is 1. The first-order chi connectivity index (χ1) is 16.7. The number of benzene rings is 1. The molecule has 1 saturated heterocycles. The van der Waals surface area contributed by atoms with Crippen molar-refractivity contribution in [3.8, 4) is 5.75 Å². The highest BCUT2D eigenvalue weighted by molar-refractivity contribution is 7.13. The third kappa shape index (κ3) is 6.24. The number of hydrogen-bond donors (Lipinski definition) is 3. The molecule has 184 valence electrons. The summed E-state index contributed by atoms with van der Waals surface area (Å²) in [5.41, 5.74) is 0.736. The van der Waals surface area contributed by atoms with Gasteiger partial charge in [0.05, 0.1) is 21.3 Å². The normalized spacial score (nSPS) is 14.6. The molecule has 4 rings (SSSR count). The molecule has 0 saturated carbocycles. The van der Waals surface area contributed by atoms with Crippen molar-refractivity contribution < 1.29 is 14.7 Å². The molecule has 3 heterocycles. The SMILES string of the molecule is CN1CCN(Cc2csc(C(=O)Nc3c(O)cc(Cl)cc3C(=O)Nc3ccc(Cl)cn3)c2Cl)CC1. The third-order valence-electron chi connectivity index (χ3n) is 5.53. The second kappa shape index (κ2) is 11.1. The molecule has 2 amide bonds. The van der Waals surface area contributed by atoms with Gasteiger partial charge in [0.15, 0.2) is 0 Å². The third-order valence-corrected chi connectivity index (χ3v) is 7.54. The lowest BCUT2D eigenvalue weighted by atomic mass is 10.1. The van der Waals surface area contributed by atoms with E-state index in [1.54, 1.807) is 6.07 Å². The molecule has 3 N–H and O–H groups in total. The number of piperazine rings is 1. The lowest BCUT2D eigenvalue weighted by Crippen LogP contribution is -2.43. The summed E-state index contributed by atoms with van der Waals surface area (Å²) in [5, 5.41) is 18.4. The number of carbonyl (C=O) groups is 2. The minimum atomic E-state index is -0.624. The Hall–Kier alpha value is -2.40.